The van der Waals surface area contributed by atoms with E-state index in [1.165, 1.54) is 11.8 Å². The number of aliphatic hydroxyl groups is 1. The molecule has 0 bridgehead atoms. The molecule has 17 heteroatoms. The predicted molar refractivity (Wildman–Crippen MR) is 186 cm³/mol. The minimum absolute atomic E-state index is 0.000414. The van der Waals surface area contributed by atoms with Crippen molar-refractivity contribution in [3.05, 3.63) is 0 Å². The first kappa shape index (κ1) is 44.7. The van der Waals surface area contributed by atoms with Gasteiger partial charge in [0, 0.05) is 13.5 Å². The maximum absolute atomic E-state index is 13.4. The highest BCUT2D eigenvalue weighted by Crippen LogP contribution is 2.18. The van der Waals surface area contributed by atoms with Gasteiger partial charge in [-0.3, -0.25) is 38.4 Å². The molecule has 51 heavy (non-hydrogen) atoms. The Bertz CT molecular complexity index is 1230. The summed E-state index contributed by atoms with van der Waals surface area (Å²) < 4.78 is 4.83. The molecule has 290 valence electrons. The van der Waals surface area contributed by atoms with Crippen LogP contribution in [0.25, 0.3) is 0 Å². The van der Waals surface area contributed by atoms with E-state index in [0.717, 1.165) is 0 Å². The van der Waals surface area contributed by atoms with Crippen LogP contribution in [0.1, 0.15) is 87.5 Å². The van der Waals surface area contributed by atoms with Gasteiger partial charge in [-0.1, -0.05) is 41.5 Å². The molecule has 1 fully saturated rings. The predicted octanol–water partition coefficient (Wildman–Crippen LogP) is -1.14. The average molecular weight is 726 g/mol. The van der Waals surface area contributed by atoms with Crippen molar-refractivity contribution in [2.45, 2.75) is 118 Å². The first-order valence-electron chi connectivity index (χ1n) is 17.7. The van der Waals surface area contributed by atoms with Crippen molar-refractivity contribution >= 4 is 47.3 Å². The quantitative estimate of drug-likeness (QED) is 0.0702. The van der Waals surface area contributed by atoms with Crippen LogP contribution in [-0.4, -0.2) is 120 Å². The summed E-state index contributed by atoms with van der Waals surface area (Å²) in [5.74, 6) is -5.04. The number of rotatable bonds is 21. The van der Waals surface area contributed by atoms with Crippen molar-refractivity contribution in [3.63, 3.8) is 0 Å². The van der Waals surface area contributed by atoms with E-state index in [4.69, 9.17) is 4.74 Å². The maximum Gasteiger partial charge on any atom is 0.325 e. The topological polar surface area (TPSA) is 241 Å². The molecule has 1 rings (SSSR count). The molecule has 1 saturated heterocycles. The lowest BCUT2D eigenvalue weighted by Crippen LogP contribution is -2.58. The van der Waals surface area contributed by atoms with E-state index in [1.807, 2.05) is 41.5 Å². The van der Waals surface area contributed by atoms with E-state index in [2.05, 4.69) is 31.9 Å². The van der Waals surface area contributed by atoms with E-state index in [0.29, 0.717) is 19.4 Å². The third-order valence-electron chi connectivity index (χ3n) is 7.95. The second-order valence-electron chi connectivity index (χ2n) is 14.0. The maximum atomic E-state index is 13.4. The zero-order valence-corrected chi connectivity index (χ0v) is 31.3. The Morgan fingerprint density at radius 3 is 1.63 bits per heavy atom. The average Bonchev–Trinajstić information content (AvgIpc) is 3.54. The fourth-order valence-corrected chi connectivity index (χ4v) is 5.56. The number of amides is 7. The Hall–Kier alpha value is -4.28. The molecule has 0 aromatic rings. The van der Waals surface area contributed by atoms with Gasteiger partial charge in [0.15, 0.2) is 0 Å². The lowest BCUT2D eigenvalue weighted by Gasteiger charge is -2.27. The summed E-state index contributed by atoms with van der Waals surface area (Å²) in [4.78, 5) is 103. The van der Waals surface area contributed by atoms with Crippen molar-refractivity contribution in [2.75, 3.05) is 32.8 Å². The number of carbonyl (C=O) groups excluding carboxylic acids is 8. The molecule has 0 radical (unpaired) electrons. The largest absolute Gasteiger partial charge is 0.465 e. The van der Waals surface area contributed by atoms with Crippen molar-refractivity contribution < 1.29 is 48.2 Å². The molecule has 1 aliphatic heterocycles. The Morgan fingerprint density at radius 1 is 0.686 bits per heavy atom. The zero-order valence-electron chi connectivity index (χ0n) is 31.3. The summed E-state index contributed by atoms with van der Waals surface area (Å²) in [5.41, 5.74) is 0. The molecule has 0 aromatic heterocycles. The standard InChI is InChI=1S/C34H59N7O10/c1-9-51-29(45)17-36-31(47)23(13-19(2)3)38-32(48)25(15-21(6)7)39-33(49)26(18-42)37-28(44)16-35-30(46)24(14-20(4)5)40-34(50)27-11-10-12-41(27)22(8)43/h19-21,23-27,42H,9-18H2,1-8H3,(H,35,46)(H,36,47)(H,37,44)(H,38,48)(H,39,49)(H,40,50)/t23-,24-,25-,26-,27-/m0/s1. The number of hydrogen-bond acceptors (Lipinski definition) is 10. The zero-order chi connectivity index (χ0) is 38.8. The minimum Gasteiger partial charge on any atom is -0.465 e. The smallest absolute Gasteiger partial charge is 0.325 e. The van der Waals surface area contributed by atoms with Crippen LogP contribution >= 0.6 is 0 Å². The van der Waals surface area contributed by atoms with Crippen LogP contribution in [0.4, 0.5) is 0 Å². The molecule has 7 amide bonds. The number of nitrogens with one attached hydrogen (secondary N) is 6. The van der Waals surface area contributed by atoms with Crippen LogP contribution in [0, 0.1) is 17.8 Å². The first-order valence-corrected chi connectivity index (χ1v) is 17.7. The van der Waals surface area contributed by atoms with Gasteiger partial charge >= 0.3 is 5.97 Å². The van der Waals surface area contributed by atoms with Gasteiger partial charge in [-0.25, -0.2) is 0 Å². The van der Waals surface area contributed by atoms with Gasteiger partial charge in [0.05, 0.1) is 19.8 Å². The third kappa shape index (κ3) is 16.5. The van der Waals surface area contributed by atoms with E-state index in [1.54, 1.807) is 6.92 Å². The van der Waals surface area contributed by atoms with Crippen molar-refractivity contribution in [2.24, 2.45) is 17.8 Å². The lowest BCUT2D eigenvalue weighted by atomic mass is 10.00. The molecule has 0 unspecified atom stereocenters. The molecule has 0 aromatic carbocycles. The Balaban J connectivity index is 2.90. The minimum atomic E-state index is -1.48. The summed E-state index contributed by atoms with van der Waals surface area (Å²) in [5, 5.41) is 25.1. The number of likely N-dealkylation sites (tertiary alicyclic amines) is 1. The molecule has 1 aliphatic rings. The highest BCUT2D eigenvalue weighted by atomic mass is 16.5. The number of esters is 1. The summed E-state index contributed by atoms with van der Waals surface area (Å²) in [7, 11) is 0. The monoisotopic (exact) mass is 725 g/mol. The van der Waals surface area contributed by atoms with E-state index in [-0.39, 0.29) is 56.1 Å². The second-order valence-corrected chi connectivity index (χ2v) is 14.0. The van der Waals surface area contributed by atoms with Crippen molar-refractivity contribution in [3.8, 4) is 0 Å². The summed E-state index contributed by atoms with van der Waals surface area (Å²) in [6, 6.07) is -5.32. The Kier molecular flexibility index (Phi) is 19.8. The van der Waals surface area contributed by atoms with Crippen molar-refractivity contribution in [1.29, 1.82) is 0 Å². The van der Waals surface area contributed by atoms with Gasteiger partial charge in [0.2, 0.25) is 41.4 Å². The van der Waals surface area contributed by atoms with E-state index >= 15 is 0 Å². The molecule has 17 nitrogen and oxygen atoms in total. The van der Waals surface area contributed by atoms with Crippen LogP contribution in [0.2, 0.25) is 0 Å². The summed E-state index contributed by atoms with van der Waals surface area (Å²) in [6.07, 6.45) is 1.79. The summed E-state index contributed by atoms with van der Waals surface area (Å²) >= 11 is 0. The number of aliphatic hydroxyl groups excluding tert-OH is 1. The number of ether oxygens (including phenoxy) is 1. The fraction of sp³-hybridized carbons (Fsp3) is 0.765. The molecule has 5 atom stereocenters. The van der Waals surface area contributed by atoms with Gasteiger partial charge in [-0.2, -0.15) is 0 Å². The van der Waals surface area contributed by atoms with Crippen LogP contribution in [0.15, 0.2) is 0 Å². The molecule has 0 saturated carbocycles. The lowest BCUT2D eigenvalue weighted by molar-refractivity contribution is -0.143. The third-order valence-corrected chi connectivity index (χ3v) is 7.95. The Labute approximate surface area is 300 Å². The molecular weight excluding hydrogens is 666 g/mol. The Morgan fingerprint density at radius 2 is 1.16 bits per heavy atom. The SMILES string of the molecule is CCOC(=O)CNC(=O)[C@H](CC(C)C)NC(=O)[C@H](CC(C)C)NC(=O)[C@H](CO)NC(=O)CNC(=O)[C@H](CC(C)C)NC(=O)[C@@H]1CCCN1C(C)=O. The molecule has 7 N–H and O–H groups in total. The highest BCUT2D eigenvalue weighted by Gasteiger charge is 2.35. The second kappa shape index (κ2) is 22.5. The van der Waals surface area contributed by atoms with Crippen LogP contribution in [-0.2, 0) is 43.1 Å². The van der Waals surface area contributed by atoms with Gasteiger partial charge in [-0.15, -0.1) is 0 Å². The molecule has 1 heterocycles. The van der Waals surface area contributed by atoms with Crippen LogP contribution in [0.3, 0.4) is 0 Å². The molecular formula is C34H59N7O10. The van der Waals surface area contributed by atoms with Gasteiger partial charge < -0.3 is 46.6 Å². The number of carbonyl (C=O) groups is 8. The van der Waals surface area contributed by atoms with E-state index < -0.39 is 84.8 Å². The first-order chi connectivity index (χ1) is 23.9. The number of hydrogen-bond donors (Lipinski definition) is 7. The number of nitrogens with zero attached hydrogens (tertiary/aromatic N) is 1. The van der Waals surface area contributed by atoms with Crippen molar-refractivity contribution in [1.82, 2.24) is 36.8 Å². The van der Waals surface area contributed by atoms with Crippen LogP contribution in [0.5, 0.6) is 0 Å². The highest BCUT2D eigenvalue weighted by molar-refractivity contribution is 5.96. The van der Waals surface area contributed by atoms with E-state index in [9.17, 15) is 43.5 Å². The van der Waals surface area contributed by atoms with Crippen LogP contribution < -0.4 is 31.9 Å². The van der Waals surface area contributed by atoms with Gasteiger partial charge in [0.25, 0.3) is 0 Å². The normalized spacial score (nSPS) is 16.5. The fourth-order valence-electron chi connectivity index (χ4n) is 5.56. The molecule has 0 spiro atoms. The summed E-state index contributed by atoms with van der Waals surface area (Å²) in [6.45, 7) is 12.9. The molecule has 0 aliphatic carbocycles. The van der Waals surface area contributed by atoms with Gasteiger partial charge in [-0.05, 0) is 56.8 Å². The van der Waals surface area contributed by atoms with Gasteiger partial charge in [0.1, 0.15) is 36.8 Å².